The third-order valence-electron chi connectivity index (χ3n) is 4.31. The van der Waals surface area contributed by atoms with Gasteiger partial charge in [-0.25, -0.2) is 4.39 Å². The van der Waals surface area contributed by atoms with E-state index in [1.165, 1.54) is 0 Å². The topological polar surface area (TPSA) is 68.2 Å². The Bertz CT molecular complexity index is 654. The molecule has 0 spiro atoms. The molecule has 1 aliphatic rings. The fraction of sp³-hybridized carbons (Fsp3) is 0.400. The summed E-state index contributed by atoms with van der Waals surface area (Å²) in [7, 11) is 0. The Morgan fingerprint density at radius 2 is 1.42 bits per heavy atom. The second-order valence-corrected chi connectivity index (χ2v) is 6.27. The van der Waals surface area contributed by atoms with E-state index in [-0.39, 0.29) is 13.2 Å². The summed E-state index contributed by atoms with van der Waals surface area (Å²) in [5, 5.41) is 20.4. The Morgan fingerprint density at radius 1 is 0.846 bits per heavy atom. The summed E-state index contributed by atoms with van der Waals surface area (Å²) in [5.74, 6) is 0. The summed E-state index contributed by atoms with van der Waals surface area (Å²) >= 11 is 0. The van der Waals surface area contributed by atoms with Crippen molar-refractivity contribution in [2.24, 2.45) is 0 Å². The first kappa shape index (κ1) is 18.9. The zero-order valence-corrected chi connectivity index (χ0v) is 14.3. The van der Waals surface area contributed by atoms with Crippen molar-refractivity contribution in [1.82, 2.24) is 0 Å². The predicted octanol–water partition coefficient (Wildman–Crippen LogP) is 2.20. The van der Waals surface area contributed by atoms with Gasteiger partial charge in [0.2, 0.25) is 6.36 Å². The minimum atomic E-state index is -1.94. The number of benzene rings is 2. The smallest absolute Gasteiger partial charge is 0.228 e. The minimum Gasteiger partial charge on any atom is -0.387 e. The van der Waals surface area contributed by atoms with Crippen LogP contribution in [0.5, 0.6) is 0 Å². The molecule has 2 aromatic carbocycles. The van der Waals surface area contributed by atoms with E-state index < -0.39 is 30.8 Å². The highest BCUT2D eigenvalue weighted by Crippen LogP contribution is 2.25. The number of hydrogen-bond acceptors (Lipinski definition) is 5. The third kappa shape index (κ3) is 4.87. The molecular formula is C20H23FO5. The average Bonchev–Trinajstić information content (AvgIpc) is 2.67. The number of alkyl halides is 1. The summed E-state index contributed by atoms with van der Waals surface area (Å²) < 4.78 is 30.2. The Balaban J connectivity index is 1.55. The van der Waals surface area contributed by atoms with Gasteiger partial charge in [0.1, 0.15) is 24.4 Å². The molecular weight excluding hydrogens is 339 g/mol. The lowest BCUT2D eigenvalue weighted by atomic mass is 9.99. The molecule has 26 heavy (non-hydrogen) atoms. The van der Waals surface area contributed by atoms with Crippen LogP contribution in [0.15, 0.2) is 60.7 Å². The third-order valence-corrected chi connectivity index (χ3v) is 4.31. The van der Waals surface area contributed by atoms with Gasteiger partial charge in [-0.2, -0.15) is 0 Å². The van der Waals surface area contributed by atoms with Crippen molar-refractivity contribution in [2.75, 3.05) is 6.61 Å². The number of halogens is 1. The van der Waals surface area contributed by atoms with Crippen LogP contribution in [0, 0.1) is 0 Å². The molecule has 0 aromatic heterocycles. The van der Waals surface area contributed by atoms with Crippen molar-refractivity contribution >= 4 is 0 Å². The minimum absolute atomic E-state index is 0.00556. The number of aliphatic hydroxyl groups is 2. The van der Waals surface area contributed by atoms with Gasteiger partial charge in [-0.15, -0.1) is 0 Å². The van der Waals surface area contributed by atoms with Crippen molar-refractivity contribution in [1.29, 1.82) is 0 Å². The number of rotatable bonds is 7. The van der Waals surface area contributed by atoms with Crippen LogP contribution < -0.4 is 0 Å². The van der Waals surface area contributed by atoms with E-state index >= 15 is 0 Å². The van der Waals surface area contributed by atoms with Gasteiger partial charge in [-0.05, 0) is 11.1 Å². The summed E-state index contributed by atoms with van der Waals surface area (Å²) in [5.41, 5.74) is 1.83. The van der Waals surface area contributed by atoms with E-state index in [1.54, 1.807) is 0 Å². The van der Waals surface area contributed by atoms with Crippen LogP contribution >= 0.6 is 0 Å². The Kier molecular flexibility index (Phi) is 6.71. The highest BCUT2D eigenvalue weighted by atomic mass is 19.1. The molecule has 1 aliphatic heterocycles. The van der Waals surface area contributed by atoms with Crippen molar-refractivity contribution in [3.8, 4) is 0 Å². The van der Waals surface area contributed by atoms with Gasteiger partial charge in [0.15, 0.2) is 0 Å². The van der Waals surface area contributed by atoms with Gasteiger partial charge in [-0.3, -0.25) is 0 Å². The Hall–Kier alpha value is -1.83. The molecule has 1 heterocycles. The molecule has 0 bridgehead atoms. The highest BCUT2D eigenvalue weighted by molar-refractivity contribution is 5.14. The van der Waals surface area contributed by atoms with E-state index in [1.807, 2.05) is 60.7 Å². The fourth-order valence-electron chi connectivity index (χ4n) is 2.86. The summed E-state index contributed by atoms with van der Waals surface area (Å²) in [6.45, 7) is 0.473. The lowest BCUT2D eigenvalue weighted by Crippen LogP contribution is -2.58. The molecule has 0 radical (unpaired) electrons. The average molecular weight is 362 g/mol. The standard InChI is InChI=1S/C20H23FO5/c21-20-18(23)19(25-12-15-9-5-2-6-10-15)17(22)16(26-20)13-24-11-14-7-3-1-4-8-14/h1-10,16-20,22-23H,11-13H2/t16-,17+,18-,19+,20+/m1/s1. The predicted molar refractivity (Wildman–Crippen MR) is 92.9 cm³/mol. The molecule has 0 unspecified atom stereocenters. The van der Waals surface area contributed by atoms with Gasteiger partial charge in [0, 0.05) is 0 Å². The Labute approximate surface area is 151 Å². The number of aliphatic hydroxyl groups excluding tert-OH is 2. The van der Waals surface area contributed by atoms with E-state index in [0.717, 1.165) is 11.1 Å². The van der Waals surface area contributed by atoms with Gasteiger partial charge in [0.05, 0.1) is 19.8 Å². The molecule has 0 aliphatic carbocycles. The summed E-state index contributed by atoms with van der Waals surface area (Å²) in [4.78, 5) is 0. The summed E-state index contributed by atoms with van der Waals surface area (Å²) in [6, 6.07) is 18.8. The van der Waals surface area contributed by atoms with Crippen molar-refractivity contribution in [3.63, 3.8) is 0 Å². The Morgan fingerprint density at radius 3 is 2.04 bits per heavy atom. The first-order valence-electron chi connectivity index (χ1n) is 8.58. The maximum atomic E-state index is 14.0. The van der Waals surface area contributed by atoms with E-state index in [4.69, 9.17) is 14.2 Å². The first-order valence-corrected chi connectivity index (χ1v) is 8.58. The monoisotopic (exact) mass is 362 g/mol. The second-order valence-electron chi connectivity index (χ2n) is 6.27. The van der Waals surface area contributed by atoms with Crippen LogP contribution in [0.25, 0.3) is 0 Å². The maximum Gasteiger partial charge on any atom is 0.228 e. The molecule has 6 heteroatoms. The van der Waals surface area contributed by atoms with Gasteiger partial charge in [0.25, 0.3) is 0 Å². The molecule has 2 aromatic rings. The second kappa shape index (κ2) is 9.21. The van der Waals surface area contributed by atoms with Crippen LogP contribution in [0.4, 0.5) is 4.39 Å². The largest absolute Gasteiger partial charge is 0.387 e. The number of hydrogen-bond donors (Lipinski definition) is 2. The first-order chi connectivity index (χ1) is 12.6. The van der Waals surface area contributed by atoms with E-state index in [9.17, 15) is 14.6 Å². The molecule has 5 atom stereocenters. The van der Waals surface area contributed by atoms with Crippen LogP contribution in [0.2, 0.25) is 0 Å². The fourth-order valence-corrected chi connectivity index (χ4v) is 2.86. The van der Waals surface area contributed by atoms with Crippen molar-refractivity contribution < 1.29 is 28.8 Å². The molecule has 140 valence electrons. The maximum absolute atomic E-state index is 14.0. The van der Waals surface area contributed by atoms with Crippen LogP contribution in [-0.2, 0) is 27.4 Å². The molecule has 5 nitrogen and oxygen atoms in total. The summed E-state index contributed by atoms with van der Waals surface area (Å²) in [6.07, 6.45) is -6.71. The normalized spacial score (nSPS) is 28.8. The molecule has 1 saturated heterocycles. The lowest BCUT2D eigenvalue weighted by Gasteiger charge is -2.39. The lowest BCUT2D eigenvalue weighted by molar-refractivity contribution is -0.277. The molecule has 3 rings (SSSR count). The van der Waals surface area contributed by atoms with Crippen molar-refractivity contribution in [3.05, 3.63) is 71.8 Å². The van der Waals surface area contributed by atoms with E-state index in [0.29, 0.717) is 6.61 Å². The molecule has 2 N–H and O–H groups in total. The van der Waals surface area contributed by atoms with Crippen molar-refractivity contribution in [2.45, 2.75) is 44.0 Å². The van der Waals surface area contributed by atoms with E-state index in [2.05, 4.69) is 0 Å². The van der Waals surface area contributed by atoms with Crippen LogP contribution in [-0.4, -0.2) is 47.6 Å². The quantitative estimate of drug-likeness (QED) is 0.790. The van der Waals surface area contributed by atoms with Crippen LogP contribution in [0.3, 0.4) is 0 Å². The highest BCUT2D eigenvalue weighted by Gasteiger charge is 2.45. The molecule has 0 saturated carbocycles. The SMILES string of the molecule is O[C@@H]1[C@@H](OCc2ccccc2)[C@@H](O)[C@@H](COCc2ccccc2)O[C@@H]1F. The molecule has 0 amide bonds. The van der Waals surface area contributed by atoms with Gasteiger partial charge >= 0.3 is 0 Å². The zero-order valence-electron chi connectivity index (χ0n) is 14.3. The van der Waals surface area contributed by atoms with Gasteiger partial charge < -0.3 is 24.4 Å². The van der Waals surface area contributed by atoms with Crippen LogP contribution in [0.1, 0.15) is 11.1 Å². The number of ether oxygens (including phenoxy) is 3. The molecule has 1 fully saturated rings. The zero-order chi connectivity index (χ0) is 18.4. The van der Waals surface area contributed by atoms with Gasteiger partial charge in [-0.1, -0.05) is 60.7 Å².